The van der Waals surface area contributed by atoms with Crippen molar-refractivity contribution >= 4 is 20.7 Å². The third-order valence-corrected chi connectivity index (χ3v) is 10.5. The Labute approximate surface area is 170 Å². The molecule has 0 bridgehead atoms. The minimum atomic E-state index is -2.98. The van der Waals surface area contributed by atoms with Gasteiger partial charge in [-0.3, -0.25) is 5.14 Å². The van der Waals surface area contributed by atoms with Crippen molar-refractivity contribution in [2.75, 3.05) is 12.8 Å². The van der Waals surface area contributed by atoms with E-state index in [1.807, 2.05) is 6.92 Å². The molecule has 28 heavy (non-hydrogen) atoms. The van der Waals surface area contributed by atoms with Crippen molar-refractivity contribution in [3.63, 3.8) is 0 Å². The van der Waals surface area contributed by atoms with Gasteiger partial charge in [0.15, 0.2) is 0 Å². The van der Waals surface area contributed by atoms with Crippen LogP contribution in [-0.2, 0) is 26.1 Å². The van der Waals surface area contributed by atoms with Gasteiger partial charge in [0.1, 0.15) is 10.6 Å². The number of nitrogens with two attached hydrogens (primary N) is 1. The second-order valence-corrected chi connectivity index (χ2v) is 13.0. The summed E-state index contributed by atoms with van der Waals surface area (Å²) in [6.45, 7) is 5.32. The minimum absolute atomic E-state index is 0.0195. The first-order valence-corrected chi connectivity index (χ1v) is 12.3. The summed E-state index contributed by atoms with van der Waals surface area (Å²) in [6, 6.07) is 8.64. The number of hydrogen-bond donors (Lipinski definition) is 1. The summed E-state index contributed by atoms with van der Waals surface area (Å²) < 4.78 is 43.3. The average Bonchev–Trinajstić information content (AvgIpc) is 3.12. The van der Waals surface area contributed by atoms with Gasteiger partial charge < -0.3 is 0 Å². The fraction of sp³-hybridized carbons (Fsp3) is 0.650. The standard InChI is InChI=1S/C20H30FN3O2S2/c1-18(2,27(23)25)13-19(3,16-9-5-6-10-17(16)21)15-28(26,24-4)20(14-22)11-7-8-12-20/h5-6,9-10H,7-8,11-13,15,23H2,1-4H3/t19-,27?,28+/m0/s1. The van der Waals surface area contributed by atoms with E-state index in [0.29, 0.717) is 18.4 Å². The van der Waals surface area contributed by atoms with Gasteiger partial charge in [0.2, 0.25) is 0 Å². The van der Waals surface area contributed by atoms with E-state index in [2.05, 4.69) is 10.4 Å². The highest BCUT2D eigenvalue weighted by Crippen LogP contribution is 2.44. The molecule has 0 radical (unpaired) electrons. The molecule has 0 aromatic heterocycles. The maximum atomic E-state index is 14.8. The Kier molecular flexibility index (Phi) is 6.74. The lowest BCUT2D eigenvalue weighted by Crippen LogP contribution is -2.47. The fourth-order valence-corrected chi connectivity index (χ4v) is 7.85. The Hall–Kier alpha value is -1.30. The lowest BCUT2D eigenvalue weighted by atomic mass is 9.77. The molecule has 0 spiro atoms. The molecule has 2 rings (SSSR count). The van der Waals surface area contributed by atoms with Crippen LogP contribution in [0.5, 0.6) is 0 Å². The minimum Gasteiger partial charge on any atom is -0.251 e. The molecule has 3 atom stereocenters. The summed E-state index contributed by atoms with van der Waals surface area (Å²) in [5.74, 6) is -0.398. The van der Waals surface area contributed by atoms with Crippen molar-refractivity contribution in [2.24, 2.45) is 9.50 Å². The third-order valence-electron chi connectivity index (χ3n) is 5.92. The van der Waals surface area contributed by atoms with Crippen LogP contribution < -0.4 is 5.14 Å². The van der Waals surface area contributed by atoms with Crippen molar-refractivity contribution < 1.29 is 12.8 Å². The first-order chi connectivity index (χ1) is 13.0. The molecule has 0 heterocycles. The first kappa shape index (κ1) is 23.0. The largest absolute Gasteiger partial charge is 0.251 e. The zero-order valence-corrected chi connectivity index (χ0v) is 18.7. The van der Waals surface area contributed by atoms with Crippen molar-refractivity contribution in [3.05, 3.63) is 35.6 Å². The van der Waals surface area contributed by atoms with Crippen LogP contribution in [0.3, 0.4) is 0 Å². The Bertz CT molecular complexity index is 910. The second kappa shape index (κ2) is 8.21. The fourth-order valence-electron chi connectivity index (χ4n) is 4.44. The molecular weight excluding hydrogens is 397 g/mol. The summed E-state index contributed by atoms with van der Waals surface area (Å²) in [6.07, 6.45) is 2.96. The molecule has 1 fully saturated rings. The van der Waals surface area contributed by atoms with Gasteiger partial charge in [-0.1, -0.05) is 38.0 Å². The Morgan fingerprint density at radius 2 is 1.89 bits per heavy atom. The lowest BCUT2D eigenvalue weighted by Gasteiger charge is -2.39. The normalized spacial score (nSPS) is 21.9. The number of benzene rings is 1. The molecule has 1 aliphatic rings. The number of halogens is 1. The zero-order valence-electron chi connectivity index (χ0n) is 17.0. The van der Waals surface area contributed by atoms with Gasteiger partial charge in [-0.2, -0.15) is 5.26 Å². The quantitative estimate of drug-likeness (QED) is 0.716. The lowest BCUT2D eigenvalue weighted by molar-refractivity contribution is 0.401. The van der Waals surface area contributed by atoms with Crippen LogP contribution in [0.2, 0.25) is 0 Å². The Morgan fingerprint density at radius 3 is 2.36 bits per heavy atom. The summed E-state index contributed by atoms with van der Waals surface area (Å²) >= 11 is 0. The van der Waals surface area contributed by atoms with E-state index in [1.165, 1.54) is 13.1 Å². The van der Waals surface area contributed by atoms with Crippen LogP contribution in [0.25, 0.3) is 0 Å². The molecule has 0 amide bonds. The second-order valence-electron chi connectivity index (χ2n) is 8.55. The van der Waals surface area contributed by atoms with E-state index in [4.69, 9.17) is 5.14 Å². The predicted molar refractivity (Wildman–Crippen MR) is 113 cm³/mol. The van der Waals surface area contributed by atoms with E-state index in [0.717, 1.165) is 12.8 Å². The first-order valence-electron chi connectivity index (χ1n) is 9.40. The van der Waals surface area contributed by atoms with E-state index < -0.39 is 41.4 Å². The third kappa shape index (κ3) is 4.17. The summed E-state index contributed by atoms with van der Waals surface area (Å²) in [4.78, 5) is 0. The van der Waals surface area contributed by atoms with E-state index in [-0.39, 0.29) is 12.2 Å². The molecule has 0 aliphatic heterocycles. The maximum absolute atomic E-state index is 14.8. The Morgan fingerprint density at radius 1 is 1.32 bits per heavy atom. The summed E-state index contributed by atoms with van der Waals surface area (Å²) in [5, 5.41) is 15.6. The van der Waals surface area contributed by atoms with Gasteiger partial charge in [-0.15, -0.1) is 0 Å². The molecular formula is C20H30FN3O2S2. The molecule has 5 nitrogen and oxygen atoms in total. The van der Waals surface area contributed by atoms with Crippen molar-refractivity contribution in [2.45, 2.75) is 67.8 Å². The monoisotopic (exact) mass is 427 g/mol. The molecule has 156 valence electrons. The number of rotatable bonds is 7. The molecule has 0 saturated heterocycles. The zero-order chi connectivity index (χ0) is 21.2. The highest BCUT2D eigenvalue weighted by molar-refractivity contribution is 7.95. The summed E-state index contributed by atoms with van der Waals surface area (Å²) in [7, 11) is -3.16. The summed E-state index contributed by atoms with van der Waals surface area (Å²) in [5.41, 5.74) is -0.566. The Balaban J connectivity index is 2.63. The number of hydrogen-bond acceptors (Lipinski definition) is 4. The maximum Gasteiger partial charge on any atom is 0.140 e. The van der Waals surface area contributed by atoms with Crippen LogP contribution in [0, 0.1) is 17.1 Å². The van der Waals surface area contributed by atoms with E-state index >= 15 is 0 Å². The van der Waals surface area contributed by atoms with Gasteiger partial charge in [-0.05, 0) is 44.7 Å². The average molecular weight is 428 g/mol. The van der Waals surface area contributed by atoms with Crippen molar-refractivity contribution in [1.29, 1.82) is 5.26 Å². The van der Waals surface area contributed by atoms with Gasteiger partial charge in [0, 0.05) is 18.2 Å². The molecule has 1 unspecified atom stereocenters. The SMILES string of the molecule is CN=[S@@](=O)(C[C@](C)(CC(C)(C)S(N)=O)c1ccccc1F)C1(C#N)CCCC1. The van der Waals surface area contributed by atoms with Gasteiger partial charge >= 0.3 is 0 Å². The molecule has 1 saturated carbocycles. The highest BCUT2D eigenvalue weighted by Gasteiger charge is 2.49. The topological polar surface area (TPSA) is 96.3 Å². The molecule has 8 heteroatoms. The molecule has 1 aliphatic carbocycles. The molecule has 2 N–H and O–H groups in total. The van der Waals surface area contributed by atoms with Crippen LogP contribution in [0.1, 0.15) is 58.4 Å². The highest BCUT2D eigenvalue weighted by atomic mass is 32.2. The van der Waals surface area contributed by atoms with Crippen LogP contribution in [-0.4, -0.2) is 30.7 Å². The molecule has 1 aromatic carbocycles. The van der Waals surface area contributed by atoms with Crippen molar-refractivity contribution in [3.8, 4) is 6.07 Å². The number of nitriles is 1. The van der Waals surface area contributed by atoms with Crippen LogP contribution in [0.15, 0.2) is 28.6 Å². The van der Waals surface area contributed by atoms with Crippen LogP contribution >= 0.6 is 0 Å². The molecule has 1 aromatic rings. The van der Waals surface area contributed by atoms with Gasteiger partial charge in [-0.25, -0.2) is 17.2 Å². The predicted octanol–water partition coefficient (Wildman–Crippen LogP) is 3.81. The van der Waals surface area contributed by atoms with Crippen molar-refractivity contribution in [1.82, 2.24) is 0 Å². The van der Waals surface area contributed by atoms with E-state index in [1.54, 1.807) is 32.0 Å². The smallest absolute Gasteiger partial charge is 0.140 e. The number of nitrogens with zero attached hydrogens (tertiary/aromatic N) is 2. The van der Waals surface area contributed by atoms with Gasteiger partial charge in [0.25, 0.3) is 0 Å². The van der Waals surface area contributed by atoms with Crippen LogP contribution in [0.4, 0.5) is 4.39 Å². The van der Waals surface area contributed by atoms with E-state index in [9.17, 15) is 18.1 Å². The van der Waals surface area contributed by atoms with Gasteiger partial charge in [0.05, 0.1) is 31.5 Å².